The van der Waals surface area contributed by atoms with Crippen molar-refractivity contribution in [2.75, 3.05) is 13.2 Å². The Labute approximate surface area is 150 Å². The zero-order valence-electron chi connectivity index (χ0n) is 14.3. The summed E-state index contributed by atoms with van der Waals surface area (Å²) >= 11 is 0. The summed E-state index contributed by atoms with van der Waals surface area (Å²) in [5.41, 5.74) is 2.63. The van der Waals surface area contributed by atoms with Gasteiger partial charge in [0.1, 0.15) is 23.3 Å². The third kappa shape index (κ3) is 3.39. The van der Waals surface area contributed by atoms with Crippen LogP contribution in [0.15, 0.2) is 51.7 Å². The van der Waals surface area contributed by atoms with Crippen molar-refractivity contribution in [3.63, 3.8) is 0 Å². The summed E-state index contributed by atoms with van der Waals surface area (Å²) in [6.45, 7) is 2.92. The van der Waals surface area contributed by atoms with Gasteiger partial charge in [0.25, 0.3) is 5.91 Å². The summed E-state index contributed by atoms with van der Waals surface area (Å²) in [5.74, 6) is 0.706. The van der Waals surface area contributed by atoms with Crippen LogP contribution in [0.25, 0.3) is 11.3 Å². The van der Waals surface area contributed by atoms with Crippen molar-refractivity contribution in [3.05, 3.63) is 59.7 Å². The van der Waals surface area contributed by atoms with Crippen molar-refractivity contribution in [3.8, 4) is 11.3 Å². The Bertz CT molecular complexity index is 887. The van der Waals surface area contributed by atoms with Crippen molar-refractivity contribution in [1.82, 2.24) is 15.6 Å². The predicted molar refractivity (Wildman–Crippen MR) is 92.4 cm³/mol. The van der Waals surface area contributed by atoms with E-state index in [1.807, 2.05) is 43.3 Å². The Morgan fingerprint density at radius 2 is 2.08 bits per heavy atom. The van der Waals surface area contributed by atoms with Gasteiger partial charge in [-0.3, -0.25) is 4.79 Å². The van der Waals surface area contributed by atoms with Crippen molar-refractivity contribution in [1.29, 1.82) is 0 Å². The molecule has 1 saturated heterocycles. The molecule has 134 valence electrons. The zero-order chi connectivity index (χ0) is 17.9. The molecule has 1 fully saturated rings. The Balaban J connectivity index is 1.47. The first-order valence-corrected chi connectivity index (χ1v) is 8.51. The van der Waals surface area contributed by atoms with Gasteiger partial charge in [-0.25, -0.2) is 0 Å². The molecule has 1 aliphatic heterocycles. The number of hydrogen-bond donors (Lipinski definition) is 1. The van der Waals surface area contributed by atoms with Gasteiger partial charge in [-0.2, -0.15) is 0 Å². The lowest BCUT2D eigenvalue weighted by molar-refractivity contribution is 0.0924. The zero-order valence-corrected chi connectivity index (χ0v) is 14.3. The molecule has 0 saturated carbocycles. The number of rotatable bonds is 5. The number of benzene rings is 1. The van der Waals surface area contributed by atoms with Crippen LogP contribution in [0.2, 0.25) is 0 Å². The van der Waals surface area contributed by atoms with E-state index in [1.165, 1.54) is 6.26 Å². The standard InChI is InChI=1S/C19H19N3O4/c1-12-7-15(26-21-12)8-14-9-24-11-17(14)20-19(23)16-10-25-22-18(16)13-5-3-2-4-6-13/h2-7,10,14,17H,8-9,11H2,1H3,(H,20,23). The van der Waals surface area contributed by atoms with Gasteiger partial charge in [0.05, 0.1) is 24.9 Å². The van der Waals surface area contributed by atoms with Crippen LogP contribution < -0.4 is 5.32 Å². The molecule has 1 N–H and O–H groups in total. The number of carbonyl (C=O) groups excluding carboxylic acids is 1. The van der Waals surface area contributed by atoms with E-state index in [2.05, 4.69) is 15.6 Å². The quantitative estimate of drug-likeness (QED) is 0.758. The summed E-state index contributed by atoms with van der Waals surface area (Å²) < 4.78 is 15.9. The highest BCUT2D eigenvalue weighted by Crippen LogP contribution is 2.24. The lowest BCUT2D eigenvalue weighted by Gasteiger charge is -2.17. The molecule has 0 spiro atoms. The Morgan fingerprint density at radius 1 is 1.23 bits per heavy atom. The van der Waals surface area contributed by atoms with E-state index in [-0.39, 0.29) is 17.9 Å². The van der Waals surface area contributed by atoms with Gasteiger partial charge in [0.2, 0.25) is 0 Å². The minimum Gasteiger partial charge on any atom is -0.379 e. The van der Waals surface area contributed by atoms with Crippen molar-refractivity contribution in [2.24, 2.45) is 5.92 Å². The Hall–Kier alpha value is -2.93. The summed E-state index contributed by atoms with van der Waals surface area (Å²) in [6.07, 6.45) is 2.04. The van der Waals surface area contributed by atoms with Crippen molar-refractivity contribution >= 4 is 5.91 Å². The number of nitrogens with one attached hydrogen (secondary N) is 1. The lowest BCUT2D eigenvalue weighted by atomic mass is 9.97. The van der Waals surface area contributed by atoms with Gasteiger partial charge in [-0.1, -0.05) is 40.6 Å². The molecule has 1 aromatic carbocycles. The number of carbonyl (C=O) groups is 1. The predicted octanol–water partition coefficient (Wildman–Crippen LogP) is 2.63. The summed E-state index contributed by atoms with van der Waals surface area (Å²) in [4.78, 5) is 12.8. The van der Waals surface area contributed by atoms with Crippen LogP contribution in [0.4, 0.5) is 0 Å². The minimum atomic E-state index is -0.223. The van der Waals surface area contributed by atoms with Crippen LogP contribution in [-0.2, 0) is 11.2 Å². The minimum absolute atomic E-state index is 0.105. The number of nitrogens with zero attached hydrogens (tertiary/aromatic N) is 2. The maximum atomic E-state index is 12.8. The SMILES string of the molecule is Cc1cc(CC2COCC2NC(=O)c2conc2-c2ccccc2)on1. The first-order valence-electron chi connectivity index (χ1n) is 8.51. The van der Waals surface area contributed by atoms with E-state index in [9.17, 15) is 4.79 Å². The molecule has 3 heterocycles. The van der Waals surface area contributed by atoms with Gasteiger partial charge in [0.15, 0.2) is 0 Å². The van der Waals surface area contributed by atoms with Crippen LogP contribution in [0.1, 0.15) is 21.8 Å². The van der Waals surface area contributed by atoms with E-state index in [0.717, 1.165) is 17.0 Å². The van der Waals surface area contributed by atoms with E-state index in [1.54, 1.807) is 0 Å². The molecule has 1 aliphatic rings. The third-order valence-corrected chi connectivity index (χ3v) is 4.52. The second-order valence-electron chi connectivity index (χ2n) is 6.46. The fourth-order valence-corrected chi connectivity index (χ4v) is 3.18. The highest BCUT2D eigenvalue weighted by molar-refractivity contribution is 5.99. The van der Waals surface area contributed by atoms with Gasteiger partial charge in [-0.05, 0) is 6.92 Å². The van der Waals surface area contributed by atoms with Crippen LogP contribution in [0.5, 0.6) is 0 Å². The number of aryl methyl sites for hydroxylation is 1. The highest BCUT2D eigenvalue weighted by Gasteiger charge is 2.32. The maximum Gasteiger partial charge on any atom is 0.257 e. The summed E-state index contributed by atoms with van der Waals surface area (Å²) in [5, 5.41) is 10.9. The van der Waals surface area contributed by atoms with E-state index in [4.69, 9.17) is 13.8 Å². The van der Waals surface area contributed by atoms with Crippen molar-refractivity contribution < 1.29 is 18.6 Å². The molecule has 1 amide bonds. The second kappa shape index (κ2) is 7.13. The van der Waals surface area contributed by atoms with Crippen LogP contribution >= 0.6 is 0 Å². The smallest absolute Gasteiger partial charge is 0.257 e. The number of amides is 1. The largest absolute Gasteiger partial charge is 0.379 e. The molecule has 7 heteroatoms. The molecule has 2 unspecified atom stereocenters. The van der Waals surface area contributed by atoms with Gasteiger partial charge >= 0.3 is 0 Å². The lowest BCUT2D eigenvalue weighted by Crippen LogP contribution is -2.40. The molecule has 3 aromatic rings. The second-order valence-corrected chi connectivity index (χ2v) is 6.46. The van der Waals surface area contributed by atoms with Crippen LogP contribution in [0.3, 0.4) is 0 Å². The van der Waals surface area contributed by atoms with E-state index >= 15 is 0 Å². The van der Waals surface area contributed by atoms with E-state index < -0.39 is 0 Å². The molecule has 0 aliphatic carbocycles. The first kappa shape index (κ1) is 16.5. The van der Waals surface area contributed by atoms with Crippen LogP contribution in [0, 0.1) is 12.8 Å². The van der Waals surface area contributed by atoms with Gasteiger partial charge < -0.3 is 19.1 Å². The Kier molecular flexibility index (Phi) is 4.53. The van der Waals surface area contributed by atoms with Crippen molar-refractivity contribution in [2.45, 2.75) is 19.4 Å². The molecule has 26 heavy (non-hydrogen) atoms. The monoisotopic (exact) mass is 353 g/mol. The van der Waals surface area contributed by atoms with Crippen LogP contribution in [-0.4, -0.2) is 35.5 Å². The molecule has 4 rings (SSSR count). The molecule has 0 radical (unpaired) electrons. The average Bonchev–Trinajstić information content (AvgIpc) is 3.38. The molecule has 7 nitrogen and oxygen atoms in total. The molecular weight excluding hydrogens is 334 g/mol. The molecular formula is C19H19N3O4. The highest BCUT2D eigenvalue weighted by atomic mass is 16.5. The number of ether oxygens (including phenoxy) is 1. The number of hydrogen-bond acceptors (Lipinski definition) is 6. The summed E-state index contributed by atoms with van der Waals surface area (Å²) in [6, 6.07) is 11.3. The average molecular weight is 353 g/mol. The third-order valence-electron chi connectivity index (χ3n) is 4.52. The molecule has 0 bridgehead atoms. The van der Waals surface area contributed by atoms with Gasteiger partial charge in [-0.15, -0.1) is 0 Å². The summed E-state index contributed by atoms with van der Waals surface area (Å²) in [7, 11) is 0. The molecule has 2 aromatic heterocycles. The topological polar surface area (TPSA) is 90.4 Å². The fourth-order valence-electron chi connectivity index (χ4n) is 3.18. The maximum absolute atomic E-state index is 12.8. The van der Waals surface area contributed by atoms with Gasteiger partial charge in [0, 0.05) is 24.0 Å². The number of aromatic nitrogens is 2. The normalized spacial score (nSPS) is 19.6. The fraction of sp³-hybridized carbons (Fsp3) is 0.316. The molecule has 2 atom stereocenters. The first-order chi connectivity index (χ1) is 12.7. The Morgan fingerprint density at radius 3 is 2.85 bits per heavy atom. The van der Waals surface area contributed by atoms with E-state index in [0.29, 0.717) is 30.9 Å².